The van der Waals surface area contributed by atoms with Gasteiger partial charge in [0.05, 0.1) is 26.6 Å². The average molecular weight is 294 g/mol. The summed E-state index contributed by atoms with van der Waals surface area (Å²) in [5, 5.41) is 0. The van der Waals surface area contributed by atoms with Crippen molar-refractivity contribution in [2.24, 2.45) is 5.73 Å². The van der Waals surface area contributed by atoms with E-state index in [0.29, 0.717) is 13.0 Å². The predicted octanol–water partition coefficient (Wildman–Crippen LogP) is 2.10. The molecule has 0 aliphatic carbocycles. The number of carbonyl (C=O) groups is 1. The molecule has 0 aromatic heterocycles. The van der Waals surface area contributed by atoms with Crippen LogP contribution in [-0.2, 0) is 9.53 Å². The van der Waals surface area contributed by atoms with E-state index in [1.807, 2.05) is 13.8 Å². The Labute approximate surface area is 123 Å². The van der Waals surface area contributed by atoms with Gasteiger partial charge >= 0.3 is 5.97 Å². The molecular formula is C14H30ClN2O2+. The van der Waals surface area contributed by atoms with E-state index in [-0.39, 0.29) is 18.4 Å². The molecule has 114 valence electrons. The van der Waals surface area contributed by atoms with Crippen molar-refractivity contribution in [3.05, 3.63) is 0 Å². The van der Waals surface area contributed by atoms with Crippen LogP contribution in [0.5, 0.6) is 0 Å². The van der Waals surface area contributed by atoms with Crippen molar-refractivity contribution in [2.75, 3.05) is 33.3 Å². The van der Waals surface area contributed by atoms with Crippen molar-refractivity contribution in [3.63, 3.8) is 0 Å². The molecule has 0 bridgehead atoms. The largest absolute Gasteiger partial charge is 0.460 e. The van der Waals surface area contributed by atoms with Crippen LogP contribution in [0.25, 0.3) is 0 Å². The number of nitrogens with two attached hydrogens (primary N) is 1. The standard InChI is InChI=1S/C14H29N2O2.ClH/c1-4-14(2,15)12-13(17)18-11-10-16(3)8-6-5-7-9-16;/h4-12,15H2,1-3H3;1H/q+1;. The molecule has 0 saturated carbocycles. The SMILES string of the molecule is CCC(C)(N)CC(=O)OCC[N+]1(C)CCCCC1.Cl. The minimum Gasteiger partial charge on any atom is -0.460 e. The van der Waals surface area contributed by atoms with Crippen molar-refractivity contribution >= 4 is 18.4 Å². The summed E-state index contributed by atoms with van der Waals surface area (Å²) in [6.07, 6.45) is 5.03. The van der Waals surface area contributed by atoms with Gasteiger partial charge in [-0.05, 0) is 32.6 Å². The lowest BCUT2D eigenvalue weighted by Crippen LogP contribution is -2.50. The summed E-state index contributed by atoms with van der Waals surface area (Å²) in [6.45, 7) is 7.76. The number of quaternary nitrogens is 1. The molecule has 0 amide bonds. The Bertz CT molecular complexity index is 277. The van der Waals surface area contributed by atoms with E-state index >= 15 is 0 Å². The van der Waals surface area contributed by atoms with E-state index in [9.17, 15) is 4.79 Å². The van der Waals surface area contributed by atoms with Crippen LogP contribution >= 0.6 is 12.4 Å². The fraction of sp³-hybridized carbons (Fsp3) is 0.929. The number of halogens is 1. The molecule has 2 N–H and O–H groups in total. The molecule has 0 spiro atoms. The number of esters is 1. The van der Waals surface area contributed by atoms with Gasteiger partial charge in [-0.2, -0.15) is 0 Å². The van der Waals surface area contributed by atoms with Gasteiger partial charge in [0.25, 0.3) is 0 Å². The van der Waals surface area contributed by atoms with Gasteiger partial charge in [0.2, 0.25) is 0 Å². The van der Waals surface area contributed by atoms with Crippen LogP contribution in [0, 0.1) is 0 Å². The third-order valence-electron chi connectivity index (χ3n) is 4.15. The molecule has 0 radical (unpaired) electrons. The topological polar surface area (TPSA) is 52.3 Å². The zero-order valence-corrected chi connectivity index (χ0v) is 13.4. The van der Waals surface area contributed by atoms with Crippen molar-refractivity contribution in [3.8, 4) is 0 Å². The van der Waals surface area contributed by atoms with Crippen LogP contribution in [0.1, 0.15) is 46.0 Å². The second-order valence-corrected chi connectivity index (χ2v) is 6.26. The first-order valence-electron chi connectivity index (χ1n) is 7.15. The Morgan fingerprint density at radius 1 is 1.32 bits per heavy atom. The first kappa shape index (κ1) is 18.7. The highest BCUT2D eigenvalue weighted by Gasteiger charge is 2.26. The third kappa shape index (κ3) is 7.14. The summed E-state index contributed by atoms with van der Waals surface area (Å²) < 4.78 is 6.36. The number of nitrogens with zero attached hydrogens (tertiary/aromatic N) is 1. The zero-order valence-electron chi connectivity index (χ0n) is 12.6. The summed E-state index contributed by atoms with van der Waals surface area (Å²) in [6, 6.07) is 0. The first-order chi connectivity index (χ1) is 8.37. The number of rotatable bonds is 6. The number of ether oxygens (including phenoxy) is 1. The molecule has 1 saturated heterocycles. The van der Waals surface area contributed by atoms with Crippen LogP contribution in [0.15, 0.2) is 0 Å². The number of likely N-dealkylation sites (N-methyl/N-ethyl adjacent to an activating group) is 1. The minimum atomic E-state index is -0.430. The minimum absolute atomic E-state index is 0. The number of piperidine rings is 1. The second-order valence-electron chi connectivity index (χ2n) is 6.26. The van der Waals surface area contributed by atoms with E-state index in [0.717, 1.165) is 17.4 Å². The van der Waals surface area contributed by atoms with Crippen molar-refractivity contribution in [1.29, 1.82) is 0 Å². The van der Waals surface area contributed by atoms with Gasteiger partial charge in [0, 0.05) is 5.54 Å². The highest BCUT2D eigenvalue weighted by molar-refractivity contribution is 5.85. The molecule has 1 heterocycles. The first-order valence-corrected chi connectivity index (χ1v) is 7.15. The number of hydrogen-bond donors (Lipinski definition) is 1. The fourth-order valence-electron chi connectivity index (χ4n) is 2.38. The Hall–Kier alpha value is -0.320. The molecular weight excluding hydrogens is 264 g/mol. The van der Waals surface area contributed by atoms with Gasteiger partial charge in [0.1, 0.15) is 13.2 Å². The van der Waals surface area contributed by atoms with Gasteiger partial charge in [-0.1, -0.05) is 6.92 Å². The maximum absolute atomic E-state index is 11.7. The molecule has 0 aromatic carbocycles. The van der Waals surface area contributed by atoms with Crippen molar-refractivity contribution in [2.45, 2.75) is 51.5 Å². The molecule has 1 aliphatic heterocycles. The average Bonchev–Trinajstić information content (AvgIpc) is 2.29. The third-order valence-corrected chi connectivity index (χ3v) is 4.15. The van der Waals surface area contributed by atoms with E-state index in [1.54, 1.807) is 0 Å². The Morgan fingerprint density at radius 2 is 1.89 bits per heavy atom. The van der Waals surface area contributed by atoms with Crippen LogP contribution in [0.2, 0.25) is 0 Å². The van der Waals surface area contributed by atoms with Gasteiger partial charge in [-0.3, -0.25) is 4.79 Å². The van der Waals surface area contributed by atoms with Crippen molar-refractivity contribution < 1.29 is 14.0 Å². The lowest BCUT2D eigenvalue weighted by atomic mass is 9.96. The summed E-state index contributed by atoms with van der Waals surface area (Å²) in [4.78, 5) is 11.7. The van der Waals surface area contributed by atoms with Crippen LogP contribution in [-0.4, -0.2) is 49.3 Å². The van der Waals surface area contributed by atoms with Gasteiger partial charge in [-0.15, -0.1) is 12.4 Å². The molecule has 5 heteroatoms. The Morgan fingerprint density at radius 3 is 2.42 bits per heavy atom. The molecule has 1 unspecified atom stereocenters. The normalized spacial score (nSPS) is 21.1. The summed E-state index contributed by atoms with van der Waals surface area (Å²) in [5.74, 6) is -0.162. The predicted molar refractivity (Wildman–Crippen MR) is 80.3 cm³/mol. The summed E-state index contributed by atoms with van der Waals surface area (Å²) in [7, 11) is 2.26. The monoisotopic (exact) mass is 293 g/mol. The highest BCUT2D eigenvalue weighted by Crippen LogP contribution is 2.16. The number of likely N-dealkylation sites (tertiary alicyclic amines) is 1. The Kier molecular flexibility index (Phi) is 7.94. The van der Waals surface area contributed by atoms with Crippen LogP contribution < -0.4 is 5.73 Å². The highest BCUT2D eigenvalue weighted by atomic mass is 35.5. The van der Waals surface area contributed by atoms with Gasteiger partial charge in [0.15, 0.2) is 0 Å². The maximum Gasteiger partial charge on any atom is 0.307 e. The molecule has 1 fully saturated rings. The van der Waals surface area contributed by atoms with Crippen molar-refractivity contribution in [1.82, 2.24) is 0 Å². The quantitative estimate of drug-likeness (QED) is 0.603. The summed E-state index contributed by atoms with van der Waals surface area (Å²) in [5.41, 5.74) is 5.52. The van der Waals surface area contributed by atoms with Gasteiger partial charge < -0.3 is 15.0 Å². The smallest absolute Gasteiger partial charge is 0.307 e. The molecule has 19 heavy (non-hydrogen) atoms. The number of hydrogen-bond acceptors (Lipinski definition) is 3. The van der Waals surface area contributed by atoms with E-state index < -0.39 is 5.54 Å². The van der Waals surface area contributed by atoms with Gasteiger partial charge in [-0.25, -0.2) is 0 Å². The van der Waals surface area contributed by atoms with E-state index in [2.05, 4.69) is 7.05 Å². The molecule has 1 rings (SSSR count). The lowest BCUT2D eigenvalue weighted by Gasteiger charge is -2.37. The van der Waals surface area contributed by atoms with Crippen LogP contribution in [0.3, 0.4) is 0 Å². The lowest BCUT2D eigenvalue weighted by molar-refractivity contribution is -0.914. The maximum atomic E-state index is 11.7. The number of carbonyl (C=O) groups excluding carboxylic acids is 1. The summed E-state index contributed by atoms with van der Waals surface area (Å²) >= 11 is 0. The van der Waals surface area contributed by atoms with E-state index in [1.165, 1.54) is 32.4 Å². The van der Waals surface area contributed by atoms with E-state index in [4.69, 9.17) is 10.5 Å². The molecule has 1 aliphatic rings. The van der Waals surface area contributed by atoms with Crippen LogP contribution in [0.4, 0.5) is 0 Å². The molecule has 4 nitrogen and oxygen atoms in total. The Balaban J connectivity index is 0.00000324. The fourth-order valence-corrected chi connectivity index (χ4v) is 2.38. The zero-order chi connectivity index (χ0) is 13.6. The molecule has 0 aromatic rings. The second kappa shape index (κ2) is 8.08. The molecule has 1 atom stereocenters.